The van der Waals surface area contributed by atoms with Gasteiger partial charge in [-0.25, -0.2) is 0 Å². The first-order valence-corrected chi connectivity index (χ1v) is 10.8. The van der Waals surface area contributed by atoms with E-state index in [9.17, 15) is 4.79 Å². The van der Waals surface area contributed by atoms with Crippen LogP contribution in [0.5, 0.6) is 11.5 Å². The van der Waals surface area contributed by atoms with E-state index in [4.69, 9.17) is 21.7 Å². The first-order chi connectivity index (χ1) is 14.9. The van der Waals surface area contributed by atoms with Crippen molar-refractivity contribution in [3.05, 3.63) is 69.5 Å². The number of thiocarbonyl (C=S) groups is 1. The van der Waals surface area contributed by atoms with Crippen molar-refractivity contribution in [1.29, 1.82) is 0 Å². The second-order valence-electron chi connectivity index (χ2n) is 8.34. The lowest BCUT2D eigenvalue weighted by atomic mass is 10.1. The monoisotopic (exact) mass is 437 g/mol. The minimum absolute atomic E-state index is 0.0968. The molecule has 0 bridgehead atoms. The quantitative estimate of drug-likeness (QED) is 0.566. The molecule has 0 amide bonds. The van der Waals surface area contributed by atoms with E-state index in [-0.39, 0.29) is 12.4 Å². The molecule has 6 nitrogen and oxygen atoms in total. The van der Waals surface area contributed by atoms with Crippen LogP contribution in [0.2, 0.25) is 0 Å². The highest BCUT2D eigenvalue weighted by atomic mass is 32.1. The number of aryl methyl sites for hydroxylation is 1. The van der Waals surface area contributed by atoms with E-state index in [1.54, 1.807) is 0 Å². The summed E-state index contributed by atoms with van der Waals surface area (Å²) in [5.41, 5.74) is 3.56. The van der Waals surface area contributed by atoms with Gasteiger partial charge in [-0.2, -0.15) is 0 Å². The van der Waals surface area contributed by atoms with Crippen molar-refractivity contribution in [2.24, 2.45) is 5.92 Å². The van der Waals surface area contributed by atoms with Gasteiger partial charge in [-0.05, 0) is 65.8 Å². The van der Waals surface area contributed by atoms with E-state index in [1.807, 2.05) is 54.3 Å². The number of ether oxygens (including phenoxy) is 2. The minimum Gasteiger partial charge on any atom is -0.454 e. The van der Waals surface area contributed by atoms with Crippen molar-refractivity contribution in [3.63, 3.8) is 0 Å². The molecule has 0 atom stereocenters. The predicted octanol–water partition coefficient (Wildman–Crippen LogP) is 4.10. The number of hydrogen-bond acceptors (Lipinski definition) is 4. The number of rotatable bonds is 6. The van der Waals surface area contributed by atoms with E-state index in [1.165, 1.54) is 0 Å². The van der Waals surface area contributed by atoms with Gasteiger partial charge >= 0.3 is 0 Å². The maximum absolute atomic E-state index is 12.8. The van der Waals surface area contributed by atoms with E-state index in [0.29, 0.717) is 29.7 Å². The van der Waals surface area contributed by atoms with Gasteiger partial charge < -0.3 is 24.7 Å². The Hall–Kier alpha value is -3.06. The van der Waals surface area contributed by atoms with Gasteiger partial charge in [-0.1, -0.05) is 32.0 Å². The van der Waals surface area contributed by atoms with Crippen molar-refractivity contribution < 1.29 is 9.47 Å². The van der Waals surface area contributed by atoms with Gasteiger partial charge in [-0.15, -0.1) is 0 Å². The van der Waals surface area contributed by atoms with Crippen molar-refractivity contribution >= 4 is 28.2 Å². The lowest BCUT2D eigenvalue weighted by molar-refractivity contribution is 0.174. The summed E-state index contributed by atoms with van der Waals surface area (Å²) in [5.74, 6) is 1.94. The molecule has 1 aliphatic heterocycles. The van der Waals surface area contributed by atoms with Crippen LogP contribution in [0, 0.1) is 12.8 Å². The molecule has 0 fully saturated rings. The molecule has 1 aromatic heterocycles. The second-order valence-corrected chi connectivity index (χ2v) is 8.72. The first kappa shape index (κ1) is 21.2. The van der Waals surface area contributed by atoms with Crippen LogP contribution in [-0.4, -0.2) is 28.3 Å². The normalized spacial score (nSPS) is 12.4. The summed E-state index contributed by atoms with van der Waals surface area (Å²) in [6.07, 6.45) is 0. The van der Waals surface area contributed by atoms with E-state index < -0.39 is 0 Å². The van der Waals surface area contributed by atoms with Crippen molar-refractivity contribution in [2.75, 3.05) is 13.3 Å². The summed E-state index contributed by atoms with van der Waals surface area (Å²) in [7, 11) is 0. The Morgan fingerprint density at radius 1 is 1.13 bits per heavy atom. The molecular formula is C24H27N3O3S. The molecule has 3 aromatic rings. The fraction of sp³-hybridized carbons (Fsp3) is 0.333. The zero-order valence-corrected chi connectivity index (χ0v) is 18.8. The van der Waals surface area contributed by atoms with Crippen LogP contribution in [-0.2, 0) is 13.1 Å². The number of hydrogen-bond donors (Lipinski definition) is 2. The van der Waals surface area contributed by atoms with Crippen molar-refractivity contribution in [3.8, 4) is 11.5 Å². The second kappa shape index (κ2) is 8.98. The Kier molecular flexibility index (Phi) is 6.13. The van der Waals surface area contributed by atoms with Crippen LogP contribution in [0.15, 0.2) is 47.3 Å². The summed E-state index contributed by atoms with van der Waals surface area (Å²) < 4.78 is 10.9. The fourth-order valence-electron chi connectivity index (χ4n) is 3.55. The molecule has 4 rings (SSSR count). The molecule has 0 saturated carbocycles. The summed E-state index contributed by atoms with van der Waals surface area (Å²) in [4.78, 5) is 17.8. The molecule has 2 heterocycles. The van der Waals surface area contributed by atoms with Gasteiger partial charge in [0.05, 0.1) is 6.54 Å². The van der Waals surface area contributed by atoms with Crippen LogP contribution in [0.4, 0.5) is 0 Å². The lowest BCUT2D eigenvalue weighted by Crippen LogP contribution is -2.41. The molecular weight excluding hydrogens is 410 g/mol. The van der Waals surface area contributed by atoms with Gasteiger partial charge in [-0.3, -0.25) is 4.79 Å². The molecule has 162 valence electrons. The Balaban J connectivity index is 1.61. The van der Waals surface area contributed by atoms with Crippen LogP contribution in [0.25, 0.3) is 10.9 Å². The third-order valence-corrected chi connectivity index (χ3v) is 5.60. The number of nitrogens with one attached hydrogen (secondary N) is 2. The van der Waals surface area contributed by atoms with Gasteiger partial charge in [0, 0.05) is 24.2 Å². The Labute approximate surface area is 187 Å². The maximum atomic E-state index is 12.8. The number of pyridine rings is 1. The molecule has 7 heteroatoms. The molecule has 0 saturated heterocycles. The van der Waals surface area contributed by atoms with Gasteiger partial charge in [0.2, 0.25) is 6.79 Å². The smallest absolute Gasteiger partial charge is 0.253 e. The molecule has 0 unspecified atom stereocenters. The van der Waals surface area contributed by atoms with Gasteiger partial charge in [0.25, 0.3) is 5.56 Å². The molecule has 2 N–H and O–H groups in total. The highest BCUT2D eigenvalue weighted by Crippen LogP contribution is 2.33. The first-order valence-electron chi connectivity index (χ1n) is 10.4. The summed E-state index contributed by atoms with van der Waals surface area (Å²) in [6.45, 7) is 8.23. The summed E-state index contributed by atoms with van der Waals surface area (Å²) in [6, 6.07) is 13.9. The molecule has 31 heavy (non-hydrogen) atoms. The summed E-state index contributed by atoms with van der Waals surface area (Å²) >= 11 is 5.69. The number of aromatic amines is 1. The number of nitrogens with zero attached hydrogens (tertiary/aromatic N) is 1. The fourth-order valence-corrected chi connectivity index (χ4v) is 3.76. The zero-order chi connectivity index (χ0) is 22.0. The van der Waals surface area contributed by atoms with Crippen LogP contribution < -0.4 is 20.3 Å². The molecule has 0 radical (unpaired) electrons. The number of benzene rings is 2. The highest BCUT2D eigenvalue weighted by molar-refractivity contribution is 7.80. The van der Waals surface area contributed by atoms with E-state index in [0.717, 1.165) is 40.1 Å². The number of H-pyrrole nitrogens is 1. The van der Waals surface area contributed by atoms with Crippen LogP contribution in [0.1, 0.15) is 30.5 Å². The molecule has 2 aromatic carbocycles. The molecule has 0 spiro atoms. The Morgan fingerprint density at radius 3 is 2.74 bits per heavy atom. The SMILES string of the molecule is Cc1ccc2cc(CN(Cc3ccc4c(c3)OCO4)C(=S)NCC(C)C)c(=O)[nH]c2c1. The average molecular weight is 438 g/mol. The van der Waals surface area contributed by atoms with Crippen molar-refractivity contribution in [1.82, 2.24) is 15.2 Å². The minimum atomic E-state index is -0.0968. The standard InChI is InChI=1S/C24H27N3O3S/c1-15(2)11-25-24(31)27(12-17-5-7-21-22(9-17)30-14-29-21)13-19-10-18-6-4-16(3)8-20(18)26-23(19)28/h4-10,15H,11-14H2,1-3H3,(H,25,31)(H,26,28). The number of aromatic nitrogens is 1. The highest BCUT2D eigenvalue weighted by Gasteiger charge is 2.18. The zero-order valence-electron chi connectivity index (χ0n) is 18.0. The third-order valence-electron chi connectivity index (χ3n) is 5.20. The van der Waals surface area contributed by atoms with Crippen LogP contribution >= 0.6 is 12.2 Å². The topological polar surface area (TPSA) is 66.6 Å². The Bertz CT molecular complexity index is 1170. The largest absolute Gasteiger partial charge is 0.454 e. The molecule has 1 aliphatic rings. The van der Waals surface area contributed by atoms with Crippen molar-refractivity contribution in [2.45, 2.75) is 33.9 Å². The molecule has 0 aliphatic carbocycles. The lowest BCUT2D eigenvalue weighted by Gasteiger charge is -2.26. The van der Waals surface area contributed by atoms with Gasteiger partial charge in [0.15, 0.2) is 16.6 Å². The summed E-state index contributed by atoms with van der Waals surface area (Å²) in [5, 5.41) is 4.95. The third kappa shape index (κ3) is 4.99. The average Bonchev–Trinajstić information content (AvgIpc) is 3.20. The van der Waals surface area contributed by atoms with Crippen LogP contribution in [0.3, 0.4) is 0 Å². The van der Waals surface area contributed by atoms with Gasteiger partial charge in [0.1, 0.15) is 0 Å². The van der Waals surface area contributed by atoms with E-state index >= 15 is 0 Å². The maximum Gasteiger partial charge on any atom is 0.253 e. The predicted molar refractivity (Wildman–Crippen MR) is 127 cm³/mol. The van der Waals surface area contributed by atoms with E-state index in [2.05, 4.69) is 24.1 Å². The number of fused-ring (bicyclic) bond motifs is 2. The Morgan fingerprint density at radius 2 is 1.94 bits per heavy atom.